The molecule has 0 amide bonds. The maximum atomic E-state index is 11.8. The zero-order chi connectivity index (χ0) is 9.68. The Bertz CT molecular complexity index is 266. The van der Waals surface area contributed by atoms with E-state index in [2.05, 4.69) is 20.6 Å². The fourth-order valence-corrected chi connectivity index (χ4v) is 0.759. The number of anilines is 2. The Kier molecular flexibility index (Phi) is 3.36. The molecule has 0 bridgehead atoms. The second-order valence-electron chi connectivity index (χ2n) is 2.29. The Morgan fingerprint density at radius 1 is 1.54 bits per heavy atom. The van der Waals surface area contributed by atoms with Crippen LogP contribution in [0.1, 0.15) is 0 Å². The van der Waals surface area contributed by atoms with Crippen LogP contribution < -0.4 is 10.6 Å². The molecule has 1 aromatic heterocycles. The smallest absolute Gasteiger partial charge is 0.255 e. The molecule has 2 N–H and O–H groups in total. The number of halogens is 2. The largest absolute Gasteiger partial charge is 0.364 e. The minimum atomic E-state index is -2.38. The summed E-state index contributed by atoms with van der Waals surface area (Å²) in [5.41, 5.74) is 0. The second kappa shape index (κ2) is 4.54. The van der Waals surface area contributed by atoms with E-state index in [1.807, 2.05) is 0 Å². The first-order valence-electron chi connectivity index (χ1n) is 3.75. The van der Waals surface area contributed by atoms with E-state index in [4.69, 9.17) is 0 Å². The van der Waals surface area contributed by atoms with Crippen molar-refractivity contribution in [1.82, 2.24) is 9.97 Å². The van der Waals surface area contributed by atoms with Crippen molar-refractivity contribution < 1.29 is 8.78 Å². The summed E-state index contributed by atoms with van der Waals surface area (Å²) in [5, 5.41) is 5.18. The van der Waals surface area contributed by atoms with E-state index in [0.29, 0.717) is 11.8 Å². The van der Waals surface area contributed by atoms with E-state index < -0.39 is 13.0 Å². The summed E-state index contributed by atoms with van der Waals surface area (Å²) >= 11 is 0. The molecule has 0 aromatic carbocycles. The molecule has 0 spiro atoms. The van der Waals surface area contributed by atoms with Crippen molar-refractivity contribution >= 4 is 11.8 Å². The molecular formula is C7H10F2N4. The van der Waals surface area contributed by atoms with Gasteiger partial charge >= 0.3 is 0 Å². The molecule has 0 aliphatic rings. The number of alkyl halides is 2. The number of hydrogen-bond donors (Lipinski definition) is 2. The quantitative estimate of drug-likeness (QED) is 0.745. The lowest BCUT2D eigenvalue weighted by molar-refractivity contribution is 0.163. The van der Waals surface area contributed by atoms with Crippen molar-refractivity contribution in [2.45, 2.75) is 6.43 Å². The van der Waals surface area contributed by atoms with Crippen molar-refractivity contribution in [1.29, 1.82) is 0 Å². The number of nitrogens with zero attached hydrogens (tertiary/aromatic N) is 2. The van der Waals surface area contributed by atoms with Crippen LogP contribution in [0, 0.1) is 0 Å². The number of hydrogen-bond acceptors (Lipinski definition) is 4. The molecule has 6 heteroatoms. The first-order valence-corrected chi connectivity index (χ1v) is 3.75. The molecule has 13 heavy (non-hydrogen) atoms. The van der Waals surface area contributed by atoms with Crippen LogP contribution >= 0.6 is 0 Å². The number of aromatic nitrogens is 2. The maximum Gasteiger partial charge on any atom is 0.255 e. The third kappa shape index (κ3) is 3.18. The highest BCUT2D eigenvalue weighted by Crippen LogP contribution is 2.05. The molecule has 0 saturated carbocycles. The predicted octanol–water partition coefficient (Wildman–Crippen LogP) is 1.20. The molecule has 0 aliphatic heterocycles. The number of nitrogens with one attached hydrogen (secondary N) is 2. The summed E-state index contributed by atoms with van der Waals surface area (Å²) < 4.78 is 23.6. The van der Waals surface area contributed by atoms with Crippen molar-refractivity contribution in [2.75, 3.05) is 24.2 Å². The third-order valence-corrected chi connectivity index (χ3v) is 1.32. The van der Waals surface area contributed by atoms with Gasteiger partial charge in [-0.15, -0.1) is 0 Å². The van der Waals surface area contributed by atoms with Gasteiger partial charge in [0.05, 0.1) is 6.54 Å². The van der Waals surface area contributed by atoms with Gasteiger partial charge in [-0.3, -0.25) is 0 Å². The Hall–Kier alpha value is -1.46. The highest BCUT2D eigenvalue weighted by molar-refractivity contribution is 5.38. The van der Waals surface area contributed by atoms with E-state index in [1.54, 1.807) is 7.05 Å². The molecule has 4 nitrogen and oxygen atoms in total. The van der Waals surface area contributed by atoms with Gasteiger partial charge in [0.15, 0.2) is 0 Å². The van der Waals surface area contributed by atoms with Crippen LogP contribution in [0.15, 0.2) is 12.3 Å². The molecule has 1 rings (SSSR count). The van der Waals surface area contributed by atoms with Crippen molar-refractivity contribution in [3.63, 3.8) is 0 Å². The van der Waals surface area contributed by atoms with E-state index in [1.165, 1.54) is 12.3 Å². The molecule has 0 radical (unpaired) electrons. The fourth-order valence-electron chi connectivity index (χ4n) is 0.759. The Morgan fingerprint density at radius 2 is 2.31 bits per heavy atom. The normalized spacial score (nSPS) is 10.2. The lowest BCUT2D eigenvalue weighted by atomic mass is 10.5. The van der Waals surface area contributed by atoms with Gasteiger partial charge in [0, 0.05) is 13.2 Å². The van der Waals surface area contributed by atoms with Gasteiger partial charge in [-0.25, -0.2) is 13.8 Å². The SMILES string of the molecule is CNc1nccc(NCC(F)F)n1. The molecule has 1 aromatic rings. The van der Waals surface area contributed by atoms with Crippen LogP contribution in [0.25, 0.3) is 0 Å². The minimum Gasteiger partial charge on any atom is -0.364 e. The predicted molar refractivity (Wildman–Crippen MR) is 46.1 cm³/mol. The first-order chi connectivity index (χ1) is 6.22. The van der Waals surface area contributed by atoms with Crippen molar-refractivity contribution in [3.8, 4) is 0 Å². The van der Waals surface area contributed by atoms with Gasteiger partial charge in [0.25, 0.3) is 6.43 Å². The van der Waals surface area contributed by atoms with Gasteiger partial charge in [0.1, 0.15) is 5.82 Å². The Morgan fingerprint density at radius 3 is 2.92 bits per heavy atom. The first kappa shape index (κ1) is 9.63. The molecular weight excluding hydrogens is 178 g/mol. The summed E-state index contributed by atoms with van der Waals surface area (Å²) in [4.78, 5) is 7.73. The zero-order valence-electron chi connectivity index (χ0n) is 7.09. The molecule has 0 fully saturated rings. The van der Waals surface area contributed by atoms with E-state index in [-0.39, 0.29) is 0 Å². The number of rotatable bonds is 4. The molecule has 0 saturated heterocycles. The highest BCUT2D eigenvalue weighted by atomic mass is 19.3. The van der Waals surface area contributed by atoms with Gasteiger partial charge < -0.3 is 10.6 Å². The van der Waals surface area contributed by atoms with E-state index >= 15 is 0 Å². The second-order valence-corrected chi connectivity index (χ2v) is 2.29. The lowest BCUT2D eigenvalue weighted by Crippen LogP contribution is -2.11. The average molecular weight is 188 g/mol. The summed E-state index contributed by atoms with van der Waals surface area (Å²) in [6.07, 6.45) is -0.889. The fraction of sp³-hybridized carbons (Fsp3) is 0.429. The van der Waals surface area contributed by atoms with E-state index in [9.17, 15) is 8.78 Å². The van der Waals surface area contributed by atoms with E-state index in [0.717, 1.165) is 0 Å². The third-order valence-electron chi connectivity index (χ3n) is 1.32. The highest BCUT2D eigenvalue weighted by Gasteiger charge is 2.02. The molecule has 0 atom stereocenters. The molecule has 72 valence electrons. The maximum absolute atomic E-state index is 11.8. The Labute approximate surface area is 74.4 Å². The van der Waals surface area contributed by atoms with Gasteiger partial charge in [-0.2, -0.15) is 4.98 Å². The summed E-state index contributed by atoms with van der Waals surface area (Å²) in [5.74, 6) is 0.791. The van der Waals surface area contributed by atoms with Crippen LogP contribution in [-0.4, -0.2) is 30.0 Å². The van der Waals surface area contributed by atoms with Gasteiger partial charge in [-0.05, 0) is 6.07 Å². The van der Waals surface area contributed by atoms with Crippen LogP contribution in [0.3, 0.4) is 0 Å². The molecule has 1 heterocycles. The standard InChI is InChI=1S/C7H10F2N4/c1-10-7-11-3-2-6(13-7)12-4-5(8)9/h2-3,5H,4H2,1H3,(H2,10,11,12,13). The summed E-state index contributed by atoms with van der Waals surface area (Å²) in [6, 6.07) is 1.53. The molecule has 0 aliphatic carbocycles. The topological polar surface area (TPSA) is 49.8 Å². The van der Waals surface area contributed by atoms with Crippen LogP contribution in [0.2, 0.25) is 0 Å². The van der Waals surface area contributed by atoms with Crippen LogP contribution in [0.5, 0.6) is 0 Å². The van der Waals surface area contributed by atoms with Crippen LogP contribution in [0.4, 0.5) is 20.5 Å². The van der Waals surface area contributed by atoms with Crippen molar-refractivity contribution in [2.24, 2.45) is 0 Å². The Balaban J connectivity index is 2.56. The van der Waals surface area contributed by atoms with Crippen molar-refractivity contribution in [3.05, 3.63) is 12.3 Å². The lowest BCUT2D eigenvalue weighted by Gasteiger charge is -2.05. The monoisotopic (exact) mass is 188 g/mol. The van der Waals surface area contributed by atoms with Gasteiger partial charge in [-0.1, -0.05) is 0 Å². The molecule has 0 unspecified atom stereocenters. The van der Waals surface area contributed by atoms with Gasteiger partial charge in [0.2, 0.25) is 5.95 Å². The van der Waals surface area contributed by atoms with Crippen LogP contribution in [-0.2, 0) is 0 Å². The summed E-state index contributed by atoms with van der Waals surface area (Å²) in [6.45, 7) is -0.403. The average Bonchev–Trinajstić information content (AvgIpc) is 2.15. The zero-order valence-corrected chi connectivity index (χ0v) is 7.09. The summed E-state index contributed by atoms with van der Waals surface area (Å²) in [7, 11) is 1.66. The minimum absolute atomic E-state index is 0.389.